The van der Waals surface area contributed by atoms with Gasteiger partial charge in [-0.05, 0) is 69.3 Å². The van der Waals surface area contributed by atoms with Crippen LogP contribution in [0.15, 0.2) is 40.4 Å². The molecule has 38 heavy (non-hydrogen) atoms. The highest BCUT2D eigenvalue weighted by Gasteiger charge is 2.41. The van der Waals surface area contributed by atoms with Gasteiger partial charge in [0.1, 0.15) is 22.6 Å². The molecule has 2 aliphatic rings. The van der Waals surface area contributed by atoms with Crippen LogP contribution in [0.3, 0.4) is 0 Å². The lowest BCUT2D eigenvalue weighted by Gasteiger charge is -2.31. The highest BCUT2D eigenvalue weighted by Crippen LogP contribution is 2.44. The zero-order valence-electron chi connectivity index (χ0n) is 21.3. The maximum absolute atomic E-state index is 11.7. The number of aromatic nitrogens is 7. The Morgan fingerprint density at radius 2 is 2.00 bits per heavy atom. The van der Waals surface area contributed by atoms with Crippen LogP contribution in [-0.2, 0) is 16.9 Å². The van der Waals surface area contributed by atoms with Gasteiger partial charge in [0.25, 0.3) is 0 Å². The smallest absolute Gasteiger partial charge is 0.370 e. The number of fused-ring (bicyclic) bond motifs is 1. The van der Waals surface area contributed by atoms with Crippen LogP contribution in [-0.4, -0.2) is 41.8 Å². The quantitative estimate of drug-likeness (QED) is 0.316. The zero-order chi connectivity index (χ0) is 26.3. The van der Waals surface area contributed by atoms with E-state index in [0.29, 0.717) is 28.2 Å². The average Bonchev–Trinajstić information content (AvgIpc) is 3.68. The van der Waals surface area contributed by atoms with E-state index in [0.717, 1.165) is 74.8 Å². The van der Waals surface area contributed by atoms with Crippen molar-refractivity contribution in [1.29, 1.82) is 0 Å². The van der Waals surface area contributed by atoms with E-state index in [1.54, 1.807) is 19.5 Å². The fraction of sp³-hybridized carbons (Fsp3) is 0.481. The third-order valence-electron chi connectivity index (χ3n) is 8.11. The van der Waals surface area contributed by atoms with E-state index in [-0.39, 0.29) is 11.6 Å². The largest absolute Gasteiger partial charge is 0.439 e. The molecule has 4 heterocycles. The van der Waals surface area contributed by atoms with Gasteiger partial charge in [-0.15, -0.1) is 6.58 Å². The first-order chi connectivity index (χ1) is 18.5. The molecule has 11 heteroatoms. The first-order valence-corrected chi connectivity index (χ1v) is 13.5. The van der Waals surface area contributed by atoms with Crippen molar-refractivity contribution < 1.29 is 9.26 Å². The fourth-order valence-corrected chi connectivity index (χ4v) is 6.24. The van der Waals surface area contributed by atoms with Crippen LogP contribution in [0.4, 0.5) is 0 Å². The van der Waals surface area contributed by atoms with Crippen molar-refractivity contribution in [2.24, 2.45) is 11.8 Å². The van der Waals surface area contributed by atoms with Crippen molar-refractivity contribution >= 4 is 22.8 Å². The molecule has 2 saturated carbocycles. The van der Waals surface area contributed by atoms with Gasteiger partial charge in [-0.2, -0.15) is 0 Å². The summed E-state index contributed by atoms with van der Waals surface area (Å²) in [6, 6.07) is 1.82. The van der Waals surface area contributed by atoms with E-state index in [9.17, 15) is 4.79 Å². The molecule has 0 aliphatic heterocycles. The highest BCUT2D eigenvalue weighted by atomic mass is 35.5. The van der Waals surface area contributed by atoms with Crippen LogP contribution in [0, 0.1) is 11.8 Å². The standard InChI is InChI=1S/C27H30ClN7O3/c1-3-16-6-8-17(9-7-16)15-35-21-20(18-12-19(28)14-29-13-18)30-23(24-33-26(36)38-34-24)31-22(21)32-25(35)27(37-2)10-4-5-11-27/h3,12-14,16-17H,1,4-11,15H2,2H3,(H,33,34,36). The number of rotatable bonds is 7. The molecule has 0 saturated heterocycles. The second-order valence-corrected chi connectivity index (χ2v) is 10.8. The van der Waals surface area contributed by atoms with Gasteiger partial charge in [-0.3, -0.25) is 14.5 Å². The Hall–Kier alpha value is -3.37. The van der Waals surface area contributed by atoms with Gasteiger partial charge in [-0.25, -0.2) is 19.7 Å². The Kier molecular flexibility index (Phi) is 6.61. The van der Waals surface area contributed by atoms with Crippen LogP contribution in [0.5, 0.6) is 0 Å². The summed E-state index contributed by atoms with van der Waals surface area (Å²) in [5.41, 5.74) is 2.15. The molecular formula is C27H30ClN7O3. The number of nitrogens with zero attached hydrogens (tertiary/aromatic N) is 6. The average molecular weight is 536 g/mol. The number of imidazole rings is 1. The minimum absolute atomic E-state index is 0.134. The first-order valence-electron chi connectivity index (χ1n) is 13.1. The number of hydrogen-bond acceptors (Lipinski definition) is 8. The zero-order valence-corrected chi connectivity index (χ0v) is 22.1. The highest BCUT2D eigenvalue weighted by molar-refractivity contribution is 6.30. The van der Waals surface area contributed by atoms with Gasteiger partial charge in [0.05, 0.1) is 5.02 Å². The SMILES string of the molecule is C=CC1CCC(Cn2c(C3(OC)CCCC3)nc3nc(-c4noc(=O)[nH]4)nc(-c4cncc(Cl)c4)c32)CC1. The molecule has 2 fully saturated rings. The summed E-state index contributed by atoms with van der Waals surface area (Å²) >= 11 is 6.35. The predicted molar refractivity (Wildman–Crippen MR) is 142 cm³/mol. The normalized spacial score (nSPS) is 21.2. The molecule has 6 rings (SSSR count). The van der Waals surface area contributed by atoms with E-state index < -0.39 is 11.4 Å². The second kappa shape index (κ2) is 10.1. The number of nitrogens with one attached hydrogen (secondary N) is 1. The molecule has 0 aromatic carbocycles. The Bertz CT molecular complexity index is 1530. The molecule has 0 unspecified atom stereocenters. The van der Waals surface area contributed by atoms with E-state index in [4.69, 9.17) is 35.8 Å². The van der Waals surface area contributed by atoms with Crippen molar-refractivity contribution in [2.45, 2.75) is 63.5 Å². The lowest BCUT2D eigenvalue weighted by atomic mass is 9.82. The van der Waals surface area contributed by atoms with Gasteiger partial charge in [0.2, 0.25) is 11.6 Å². The van der Waals surface area contributed by atoms with E-state index in [2.05, 4.69) is 32.3 Å². The molecule has 0 radical (unpaired) electrons. The Morgan fingerprint density at radius 3 is 2.66 bits per heavy atom. The Balaban J connectivity index is 1.58. The van der Waals surface area contributed by atoms with Crippen molar-refractivity contribution in [3.05, 3.63) is 52.5 Å². The number of H-pyrrole nitrogens is 1. The molecule has 0 spiro atoms. The van der Waals surface area contributed by atoms with Gasteiger partial charge < -0.3 is 9.30 Å². The van der Waals surface area contributed by atoms with Gasteiger partial charge in [0.15, 0.2) is 5.65 Å². The number of halogens is 1. The van der Waals surface area contributed by atoms with Crippen molar-refractivity contribution in [3.63, 3.8) is 0 Å². The number of allylic oxidation sites excluding steroid dienone is 1. The van der Waals surface area contributed by atoms with Gasteiger partial charge in [-0.1, -0.05) is 22.8 Å². The number of methoxy groups -OCH3 is 1. The summed E-state index contributed by atoms with van der Waals surface area (Å²) < 4.78 is 13.2. The van der Waals surface area contributed by atoms with Crippen molar-refractivity contribution in [2.75, 3.05) is 7.11 Å². The van der Waals surface area contributed by atoms with E-state index in [1.807, 2.05) is 6.07 Å². The Labute approximate surface area is 224 Å². The molecule has 4 aromatic heterocycles. The third kappa shape index (κ3) is 4.45. The number of hydrogen-bond donors (Lipinski definition) is 1. The molecule has 2 aliphatic carbocycles. The first kappa shape index (κ1) is 24.9. The molecule has 198 valence electrons. The van der Waals surface area contributed by atoms with Gasteiger partial charge in [0, 0.05) is 31.6 Å². The van der Waals surface area contributed by atoms with Crippen molar-refractivity contribution in [1.82, 2.24) is 34.6 Å². The second-order valence-electron chi connectivity index (χ2n) is 10.4. The van der Waals surface area contributed by atoms with Gasteiger partial charge >= 0.3 is 5.76 Å². The monoisotopic (exact) mass is 535 g/mol. The summed E-state index contributed by atoms with van der Waals surface area (Å²) in [5, 5.41) is 4.30. The maximum Gasteiger partial charge on any atom is 0.439 e. The van der Waals surface area contributed by atoms with Crippen LogP contribution < -0.4 is 5.76 Å². The number of aromatic amines is 1. The molecule has 0 amide bonds. The predicted octanol–water partition coefficient (Wildman–Crippen LogP) is 5.29. The summed E-state index contributed by atoms with van der Waals surface area (Å²) in [5.74, 6) is 1.59. The lowest BCUT2D eigenvalue weighted by Crippen LogP contribution is -2.30. The molecular weight excluding hydrogens is 506 g/mol. The van der Waals surface area contributed by atoms with Crippen LogP contribution in [0.1, 0.15) is 57.2 Å². The minimum atomic E-state index is -0.680. The topological polar surface area (TPSA) is 125 Å². The molecule has 4 aromatic rings. The minimum Gasteiger partial charge on any atom is -0.370 e. The molecule has 0 bridgehead atoms. The number of ether oxygens (including phenoxy) is 1. The summed E-state index contributed by atoms with van der Waals surface area (Å²) in [7, 11) is 1.77. The van der Waals surface area contributed by atoms with Crippen LogP contribution in [0.25, 0.3) is 34.1 Å². The van der Waals surface area contributed by atoms with E-state index >= 15 is 0 Å². The number of pyridine rings is 1. The fourth-order valence-electron chi connectivity index (χ4n) is 6.07. The summed E-state index contributed by atoms with van der Waals surface area (Å²) in [4.78, 5) is 33.2. The van der Waals surface area contributed by atoms with E-state index in [1.165, 1.54) is 0 Å². The molecule has 1 N–H and O–H groups in total. The Morgan fingerprint density at radius 1 is 1.21 bits per heavy atom. The molecule has 10 nitrogen and oxygen atoms in total. The summed E-state index contributed by atoms with van der Waals surface area (Å²) in [6.45, 7) is 4.78. The maximum atomic E-state index is 11.7. The lowest BCUT2D eigenvalue weighted by molar-refractivity contribution is -0.0193. The third-order valence-corrected chi connectivity index (χ3v) is 8.32. The van der Waals surface area contributed by atoms with Crippen LogP contribution in [0.2, 0.25) is 5.02 Å². The molecule has 0 atom stereocenters. The van der Waals surface area contributed by atoms with Crippen molar-refractivity contribution in [3.8, 4) is 22.9 Å². The van der Waals surface area contributed by atoms with Crippen LogP contribution >= 0.6 is 11.6 Å². The summed E-state index contributed by atoms with van der Waals surface area (Å²) in [6.07, 6.45) is 13.8.